The molecule has 0 spiro atoms. The molecule has 0 aliphatic rings. The Bertz CT molecular complexity index is 432. The lowest BCUT2D eigenvalue weighted by Gasteiger charge is -2.12. The molecule has 1 rings (SSSR count). The fourth-order valence-electron chi connectivity index (χ4n) is 1.56. The molecule has 0 heterocycles. The Morgan fingerprint density at radius 1 is 1.28 bits per heavy atom. The van der Waals surface area contributed by atoms with Crippen molar-refractivity contribution < 1.29 is 9.59 Å². The van der Waals surface area contributed by atoms with Crippen LogP contribution in [0, 0.1) is 0 Å². The second kappa shape index (κ2) is 6.76. The molecule has 1 aromatic carbocycles. The fraction of sp³-hybridized carbons (Fsp3) is 0.385. The van der Waals surface area contributed by atoms with Crippen molar-refractivity contribution in [3.05, 3.63) is 24.3 Å². The minimum absolute atomic E-state index is 0.152. The lowest BCUT2D eigenvalue weighted by molar-refractivity contribution is -0.117. The van der Waals surface area contributed by atoms with Crippen molar-refractivity contribution in [1.82, 2.24) is 0 Å². The van der Waals surface area contributed by atoms with Gasteiger partial charge in [0.1, 0.15) is 0 Å². The average Bonchev–Trinajstić information content (AvgIpc) is 2.28. The summed E-state index contributed by atoms with van der Waals surface area (Å²) < 4.78 is 0. The number of hydrogen-bond acceptors (Lipinski definition) is 3. The molecule has 2 amide bonds. The third-order valence-corrected chi connectivity index (χ3v) is 2.39. The van der Waals surface area contributed by atoms with Crippen molar-refractivity contribution in [2.75, 3.05) is 10.6 Å². The summed E-state index contributed by atoms with van der Waals surface area (Å²) >= 11 is 0. The van der Waals surface area contributed by atoms with Crippen LogP contribution < -0.4 is 16.4 Å². The molecule has 1 atom stereocenters. The number of nitrogens with two attached hydrogens (primary N) is 1. The lowest BCUT2D eigenvalue weighted by Crippen LogP contribution is -2.35. The van der Waals surface area contributed by atoms with Crippen LogP contribution in [0.2, 0.25) is 0 Å². The predicted molar refractivity (Wildman–Crippen MR) is 72.3 cm³/mol. The summed E-state index contributed by atoms with van der Waals surface area (Å²) in [4.78, 5) is 22.6. The largest absolute Gasteiger partial charge is 0.326 e. The Hall–Kier alpha value is -1.88. The molecule has 5 heteroatoms. The normalized spacial score (nSPS) is 11.7. The van der Waals surface area contributed by atoms with Gasteiger partial charge in [-0.15, -0.1) is 0 Å². The molecule has 0 aliphatic heterocycles. The highest BCUT2D eigenvalue weighted by atomic mass is 16.2. The highest BCUT2D eigenvalue weighted by Gasteiger charge is 2.12. The van der Waals surface area contributed by atoms with Gasteiger partial charge in [-0.25, -0.2) is 0 Å². The number of hydrogen-bond donors (Lipinski definition) is 3. The number of rotatable bonds is 5. The van der Waals surface area contributed by atoms with Crippen LogP contribution in [0.15, 0.2) is 24.3 Å². The van der Waals surface area contributed by atoms with Crippen molar-refractivity contribution >= 4 is 23.2 Å². The van der Waals surface area contributed by atoms with Crippen molar-refractivity contribution in [1.29, 1.82) is 0 Å². The van der Waals surface area contributed by atoms with Gasteiger partial charge in [0.2, 0.25) is 11.8 Å². The van der Waals surface area contributed by atoms with E-state index in [1.165, 1.54) is 6.92 Å². The minimum Gasteiger partial charge on any atom is -0.326 e. The zero-order valence-corrected chi connectivity index (χ0v) is 10.7. The maximum absolute atomic E-state index is 11.7. The zero-order chi connectivity index (χ0) is 13.5. The highest BCUT2D eigenvalue weighted by molar-refractivity contribution is 5.96. The first-order chi connectivity index (χ1) is 8.52. The Morgan fingerprint density at radius 2 is 1.89 bits per heavy atom. The van der Waals surface area contributed by atoms with Gasteiger partial charge in [0.15, 0.2) is 0 Å². The Balaban J connectivity index is 2.67. The van der Waals surface area contributed by atoms with Crippen LogP contribution in [-0.2, 0) is 9.59 Å². The summed E-state index contributed by atoms with van der Waals surface area (Å²) in [5.74, 6) is -0.363. The fourth-order valence-corrected chi connectivity index (χ4v) is 1.56. The second-order valence-corrected chi connectivity index (χ2v) is 4.15. The van der Waals surface area contributed by atoms with Crippen molar-refractivity contribution in [2.24, 2.45) is 5.73 Å². The van der Waals surface area contributed by atoms with E-state index in [1.54, 1.807) is 24.3 Å². The highest BCUT2D eigenvalue weighted by Crippen LogP contribution is 2.15. The van der Waals surface area contributed by atoms with E-state index in [-0.39, 0.29) is 11.8 Å². The Labute approximate surface area is 107 Å². The number of anilines is 2. The summed E-state index contributed by atoms with van der Waals surface area (Å²) in [5.41, 5.74) is 6.98. The first-order valence-electron chi connectivity index (χ1n) is 5.97. The van der Waals surface area contributed by atoms with E-state index in [1.807, 2.05) is 6.92 Å². The molecule has 0 radical (unpaired) electrons. The third kappa shape index (κ3) is 4.55. The smallest absolute Gasteiger partial charge is 0.241 e. The minimum atomic E-state index is -0.501. The van der Waals surface area contributed by atoms with E-state index in [9.17, 15) is 9.59 Å². The predicted octanol–water partition coefficient (Wildman–Crippen LogP) is 1.71. The maximum atomic E-state index is 11.7. The molecular formula is C13H19N3O2. The lowest BCUT2D eigenvalue weighted by atomic mass is 10.1. The van der Waals surface area contributed by atoms with Gasteiger partial charge < -0.3 is 16.4 Å². The van der Waals surface area contributed by atoms with E-state index >= 15 is 0 Å². The van der Waals surface area contributed by atoms with E-state index in [0.717, 1.165) is 6.42 Å². The van der Waals surface area contributed by atoms with Gasteiger partial charge in [0, 0.05) is 18.3 Å². The van der Waals surface area contributed by atoms with Crippen LogP contribution in [0.5, 0.6) is 0 Å². The van der Waals surface area contributed by atoms with Gasteiger partial charge >= 0.3 is 0 Å². The molecule has 1 aromatic rings. The van der Waals surface area contributed by atoms with E-state index in [0.29, 0.717) is 17.8 Å². The monoisotopic (exact) mass is 249 g/mol. The summed E-state index contributed by atoms with van der Waals surface area (Å²) in [6, 6.07) is 6.45. The number of nitrogens with one attached hydrogen (secondary N) is 2. The Morgan fingerprint density at radius 3 is 2.44 bits per heavy atom. The molecule has 18 heavy (non-hydrogen) atoms. The summed E-state index contributed by atoms with van der Waals surface area (Å²) in [5, 5.41) is 5.38. The van der Waals surface area contributed by atoms with E-state index in [2.05, 4.69) is 10.6 Å². The first kappa shape index (κ1) is 14.2. The topological polar surface area (TPSA) is 84.2 Å². The molecule has 4 N–H and O–H groups in total. The molecule has 0 aromatic heterocycles. The maximum Gasteiger partial charge on any atom is 0.241 e. The molecule has 0 bridgehead atoms. The molecule has 5 nitrogen and oxygen atoms in total. The number of carbonyl (C=O) groups excluding carboxylic acids is 2. The van der Waals surface area contributed by atoms with Crippen molar-refractivity contribution in [2.45, 2.75) is 32.7 Å². The van der Waals surface area contributed by atoms with Gasteiger partial charge in [0.05, 0.1) is 6.04 Å². The standard InChI is InChI=1S/C13H19N3O2/c1-3-5-12(14)13(18)16-11-7-4-6-10(8-11)15-9(2)17/h4,6-8,12H,3,5,14H2,1-2H3,(H,15,17)(H,16,18)/t12-/m1/s1. The summed E-state index contributed by atoms with van der Waals surface area (Å²) in [6.45, 7) is 3.41. The quantitative estimate of drug-likeness (QED) is 0.742. The third-order valence-electron chi connectivity index (χ3n) is 2.39. The second-order valence-electron chi connectivity index (χ2n) is 4.15. The van der Waals surface area contributed by atoms with Crippen molar-refractivity contribution in [3.8, 4) is 0 Å². The van der Waals surface area contributed by atoms with Crippen LogP contribution in [0.4, 0.5) is 11.4 Å². The van der Waals surface area contributed by atoms with Gasteiger partial charge in [-0.3, -0.25) is 9.59 Å². The van der Waals surface area contributed by atoms with Gasteiger partial charge in [-0.05, 0) is 24.6 Å². The van der Waals surface area contributed by atoms with Crippen LogP contribution in [-0.4, -0.2) is 17.9 Å². The summed E-state index contributed by atoms with van der Waals surface area (Å²) in [6.07, 6.45) is 1.51. The Kier molecular flexibility index (Phi) is 5.32. The molecule has 0 aliphatic carbocycles. The van der Waals surface area contributed by atoms with Gasteiger partial charge in [-0.2, -0.15) is 0 Å². The number of amides is 2. The van der Waals surface area contributed by atoms with Crippen molar-refractivity contribution in [3.63, 3.8) is 0 Å². The molecule has 0 fully saturated rings. The van der Waals surface area contributed by atoms with Crippen LogP contribution >= 0.6 is 0 Å². The number of benzene rings is 1. The summed E-state index contributed by atoms with van der Waals surface area (Å²) in [7, 11) is 0. The molecule has 0 unspecified atom stereocenters. The SMILES string of the molecule is CCC[C@@H](N)C(=O)Nc1cccc(NC(C)=O)c1. The zero-order valence-electron chi connectivity index (χ0n) is 10.7. The number of carbonyl (C=O) groups is 2. The van der Waals surface area contributed by atoms with E-state index in [4.69, 9.17) is 5.73 Å². The molecule has 98 valence electrons. The van der Waals surface area contributed by atoms with E-state index < -0.39 is 6.04 Å². The molecular weight excluding hydrogens is 230 g/mol. The first-order valence-corrected chi connectivity index (χ1v) is 5.97. The average molecular weight is 249 g/mol. The molecule has 0 saturated carbocycles. The van der Waals surface area contributed by atoms with Crippen LogP contribution in [0.1, 0.15) is 26.7 Å². The molecule has 0 saturated heterocycles. The van der Waals surface area contributed by atoms with Crippen LogP contribution in [0.3, 0.4) is 0 Å². The van der Waals surface area contributed by atoms with Crippen LogP contribution in [0.25, 0.3) is 0 Å². The van der Waals surface area contributed by atoms with Gasteiger partial charge in [0.25, 0.3) is 0 Å². The van der Waals surface area contributed by atoms with Gasteiger partial charge in [-0.1, -0.05) is 19.4 Å².